The van der Waals surface area contributed by atoms with Crippen LogP contribution in [0.1, 0.15) is 0 Å². The maximum absolute atomic E-state index is 4.81. The van der Waals surface area contributed by atoms with Crippen LogP contribution in [0.3, 0.4) is 0 Å². The molecule has 0 spiro atoms. The van der Waals surface area contributed by atoms with E-state index in [9.17, 15) is 0 Å². The molecule has 23 heavy (non-hydrogen) atoms. The topological polar surface area (TPSA) is 30.2 Å². The number of hydrogen-bond donors (Lipinski definition) is 0. The zero-order valence-corrected chi connectivity index (χ0v) is 13.5. The highest BCUT2D eigenvalue weighted by molar-refractivity contribution is 7.98. The molecule has 4 rings (SSSR count). The molecular formula is C19H15N3S. The lowest BCUT2D eigenvalue weighted by Gasteiger charge is -2.07. The minimum atomic E-state index is 0.890. The molecule has 4 heteroatoms. The summed E-state index contributed by atoms with van der Waals surface area (Å²) < 4.78 is 2.13. The molecule has 0 radical (unpaired) electrons. The SMILES string of the molecule is CSc1cccc(-c2c(-c3ccccn3)nc3ccccn23)c1. The summed E-state index contributed by atoms with van der Waals surface area (Å²) in [5.41, 5.74) is 4.96. The lowest BCUT2D eigenvalue weighted by Crippen LogP contribution is -1.90. The lowest BCUT2D eigenvalue weighted by atomic mass is 10.1. The van der Waals surface area contributed by atoms with Gasteiger partial charge in [-0.3, -0.25) is 9.38 Å². The number of benzene rings is 1. The Morgan fingerprint density at radius 3 is 2.70 bits per heavy atom. The molecule has 0 saturated carbocycles. The standard InChI is InChI=1S/C19H15N3S/c1-23-15-8-6-7-14(13-15)19-18(16-9-2-4-11-20-16)21-17-10-3-5-12-22(17)19/h2-13H,1H3. The Labute approximate surface area is 139 Å². The molecule has 1 aromatic carbocycles. The molecule has 0 bridgehead atoms. The lowest BCUT2D eigenvalue weighted by molar-refractivity contribution is 1.19. The fourth-order valence-corrected chi connectivity index (χ4v) is 3.18. The van der Waals surface area contributed by atoms with Crippen molar-refractivity contribution >= 4 is 17.4 Å². The van der Waals surface area contributed by atoms with Crippen LogP contribution in [0.2, 0.25) is 0 Å². The summed E-state index contributed by atoms with van der Waals surface area (Å²) in [6.07, 6.45) is 5.95. The summed E-state index contributed by atoms with van der Waals surface area (Å²) in [4.78, 5) is 10.5. The molecule has 0 saturated heterocycles. The van der Waals surface area contributed by atoms with Crippen LogP contribution in [0.4, 0.5) is 0 Å². The largest absolute Gasteiger partial charge is 0.299 e. The van der Waals surface area contributed by atoms with Crippen molar-refractivity contribution < 1.29 is 0 Å². The van der Waals surface area contributed by atoms with Gasteiger partial charge in [-0.25, -0.2) is 4.98 Å². The van der Waals surface area contributed by atoms with Crippen molar-refractivity contribution in [1.82, 2.24) is 14.4 Å². The second-order valence-corrected chi connectivity index (χ2v) is 6.06. The Balaban J connectivity index is 2.03. The average Bonchev–Trinajstić information content (AvgIpc) is 3.02. The molecule has 4 aromatic rings. The smallest absolute Gasteiger partial charge is 0.138 e. The Kier molecular flexibility index (Phi) is 3.60. The van der Waals surface area contributed by atoms with Crippen molar-refractivity contribution in [3.05, 3.63) is 73.1 Å². The van der Waals surface area contributed by atoms with Gasteiger partial charge in [-0.2, -0.15) is 0 Å². The third kappa shape index (κ3) is 2.51. The van der Waals surface area contributed by atoms with Gasteiger partial charge in [0.05, 0.1) is 11.4 Å². The maximum atomic E-state index is 4.81. The van der Waals surface area contributed by atoms with Gasteiger partial charge < -0.3 is 0 Å². The van der Waals surface area contributed by atoms with E-state index in [1.54, 1.807) is 18.0 Å². The second kappa shape index (κ2) is 5.89. The molecule has 0 unspecified atom stereocenters. The highest BCUT2D eigenvalue weighted by Crippen LogP contribution is 2.33. The first-order chi connectivity index (χ1) is 11.4. The number of imidazole rings is 1. The van der Waals surface area contributed by atoms with E-state index in [-0.39, 0.29) is 0 Å². The van der Waals surface area contributed by atoms with Gasteiger partial charge in [0.1, 0.15) is 11.3 Å². The number of nitrogens with zero attached hydrogens (tertiary/aromatic N) is 3. The number of thioether (sulfide) groups is 1. The van der Waals surface area contributed by atoms with Gasteiger partial charge in [0.15, 0.2) is 0 Å². The minimum Gasteiger partial charge on any atom is -0.299 e. The molecule has 112 valence electrons. The van der Waals surface area contributed by atoms with E-state index in [0.29, 0.717) is 0 Å². The van der Waals surface area contributed by atoms with Crippen molar-refractivity contribution in [2.24, 2.45) is 0 Å². The molecule has 0 aliphatic carbocycles. The van der Waals surface area contributed by atoms with Gasteiger partial charge >= 0.3 is 0 Å². The first kappa shape index (κ1) is 14.0. The number of fused-ring (bicyclic) bond motifs is 1. The monoisotopic (exact) mass is 317 g/mol. The van der Waals surface area contributed by atoms with Gasteiger partial charge in [-0.15, -0.1) is 11.8 Å². The Morgan fingerprint density at radius 2 is 1.87 bits per heavy atom. The Morgan fingerprint density at radius 1 is 0.957 bits per heavy atom. The van der Waals surface area contributed by atoms with E-state index in [0.717, 1.165) is 28.3 Å². The molecule has 3 heterocycles. The minimum absolute atomic E-state index is 0.890. The van der Waals surface area contributed by atoms with Crippen LogP contribution >= 0.6 is 11.8 Å². The van der Waals surface area contributed by atoms with E-state index >= 15 is 0 Å². The van der Waals surface area contributed by atoms with Gasteiger partial charge in [0.25, 0.3) is 0 Å². The normalized spacial score (nSPS) is 11.0. The van der Waals surface area contributed by atoms with E-state index in [1.165, 1.54) is 4.90 Å². The first-order valence-corrected chi connectivity index (χ1v) is 8.62. The third-order valence-electron chi connectivity index (χ3n) is 3.78. The molecular weight excluding hydrogens is 302 g/mol. The summed E-state index contributed by atoms with van der Waals surface area (Å²) in [6.45, 7) is 0. The van der Waals surface area contributed by atoms with Crippen LogP contribution in [0.25, 0.3) is 28.3 Å². The molecule has 0 N–H and O–H groups in total. The van der Waals surface area contributed by atoms with E-state index in [2.05, 4.69) is 46.1 Å². The quantitative estimate of drug-likeness (QED) is 0.509. The summed E-state index contributed by atoms with van der Waals surface area (Å²) >= 11 is 1.74. The summed E-state index contributed by atoms with van der Waals surface area (Å²) in [6, 6.07) is 20.5. The highest BCUT2D eigenvalue weighted by Gasteiger charge is 2.16. The molecule has 3 aromatic heterocycles. The molecule has 0 aliphatic heterocycles. The molecule has 0 fully saturated rings. The number of rotatable bonds is 3. The van der Waals surface area contributed by atoms with Gasteiger partial charge in [0.2, 0.25) is 0 Å². The predicted octanol–water partition coefficient (Wildman–Crippen LogP) is 4.79. The van der Waals surface area contributed by atoms with Gasteiger partial charge in [-0.05, 0) is 42.7 Å². The summed E-state index contributed by atoms with van der Waals surface area (Å²) in [5, 5.41) is 0. The number of pyridine rings is 2. The van der Waals surface area contributed by atoms with Crippen LogP contribution < -0.4 is 0 Å². The average molecular weight is 317 g/mol. The zero-order valence-electron chi connectivity index (χ0n) is 12.7. The predicted molar refractivity (Wildman–Crippen MR) is 95.6 cm³/mol. The van der Waals surface area contributed by atoms with Crippen LogP contribution in [-0.2, 0) is 0 Å². The molecule has 3 nitrogen and oxygen atoms in total. The van der Waals surface area contributed by atoms with E-state index in [1.807, 2.05) is 36.4 Å². The van der Waals surface area contributed by atoms with Crippen LogP contribution in [0.15, 0.2) is 78.0 Å². The highest BCUT2D eigenvalue weighted by atomic mass is 32.2. The van der Waals surface area contributed by atoms with Crippen molar-refractivity contribution in [2.45, 2.75) is 4.90 Å². The van der Waals surface area contributed by atoms with Crippen LogP contribution in [0, 0.1) is 0 Å². The number of hydrogen-bond acceptors (Lipinski definition) is 3. The van der Waals surface area contributed by atoms with E-state index in [4.69, 9.17) is 4.98 Å². The fourth-order valence-electron chi connectivity index (χ4n) is 2.72. The van der Waals surface area contributed by atoms with Crippen molar-refractivity contribution in [1.29, 1.82) is 0 Å². The summed E-state index contributed by atoms with van der Waals surface area (Å²) in [7, 11) is 0. The summed E-state index contributed by atoms with van der Waals surface area (Å²) in [5.74, 6) is 0. The van der Waals surface area contributed by atoms with E-state index < -0.39 is 0 Å². The third-order valence-corrected chi connectivity index (χ3v) is 4.51. The van der Waals surface area contributed by atoms with Crippen molar-refractivity contribution in [3.8, 4) is 22.6 Å². The number of aromatic nitrogens is 3. The molecule has 0 amide bonds. The fraction of sp³-hybridized carbons (Fsp3) is 0.0526. The maximum Gasteiger partial charge on any atom is 0.138 e. The Hall–Kier alpha value is -2.59. The van der Waals surface area contributed by atoms with Crippen molar-refractivity contribution in [2.75, 3.05) is 6.26 Å². The second-order valence-electron chi connectivity index (χ2n) is 5.18. The molecule has 0 atom stereocenters. The van der Waals surface area contributed by atoms with Gasteiger partial charge in [0, 0.05) is 22.9 Å². The van der Waals surface area contributed by atoms with Crippen molar-refractivity contribution in [3.63, 3.8) is 0 Å². The van der Waals surface area contributed by atoms with Gasteiger partial charge in [-0.1, -0.05) is 24.3 Å². The van der Waals surface area contributed by atoms with Crippen LogP contribution in [-0.4, -0.2) is 20.6 Å². The molecule has 0 aliphatic rings. The zero-order chi connectivity index (χ0) is 15.6. The first-order valence-electron chi connectivity index (χ1n) is 7.40. The Bertz CT molecular complexity index is 961. The van der Waals surface area contributed by atoms with Crippen LogP contribution in [0.5, 0.6) is 0 Å².